The molecule has 4 rings (SSSR count). The summed E-state index contributed by atoms with van der Waals surface area (Å²) in [5.41, 5.74) is -0.499. The van der Waals surface area contributed by atoms with Crippen molar-refractivity contribution in [2.75, 3.05) is 11.9 Å². The van der Waals surface area contributed by atoms with Crippen LogP contribution >= 0.6 is 11.8 Å². The standard InChI is InChI=1S/C19H20F3N5O2S/c1-9(30-19-26-25-17(10-2-3-10)27(19)11-4-5-11)18(29)23-8-14(28)24-13-7-6-12(20)15(21)16(13)22/h6-7,9-11H,2-5,8H2,1H3,(H,23,29)(H,24,28). The highest BCUT2D eigenvalue weighted by atomic mass is 32.2. The molecule has 0 bridgehead atoms. The largest absolute Gasteiger partial charge is 0.346 e. The average molecular weight is 439 g/mol. The molecule has 2 fully saturated rings. The lowest BCUT2D eigenvalue weighted by atomic mass is 10.2. The first-order valence-corrected chi connectivity index (χ1v) is 10.6. The second-order valence-electron chi connectivity index (χ2n) is 7.47. The van der Waals surface area contributed by atoms with E-state index in [0.717, 1.165) is 37.6 Å². The van der Waals surface area contributed by atoms with E-state index < -0.39 is 46.7 Å². The maximum atomic E-state index is 13.6. The Bertz CT molecular complexity index is 991. The molecule has 1 heterocycles. The number of carbonyl (C=O) groups is 2. The van der Waals surface area contributed by atoms with E-state index in [1.807, 2.05) is 0 Å². The van der Waals surface area contributed by atoms with Crippen LogP contribution in [0.4, 0.5) is 18.9 Å². The van der Waals surface area contributed by atoms with E-state index in [0.29, 0.717) is 23.2 Å². The highest BCUT2D eigenvalue weighted by Gasteiger charge is 2.37. The molecule has 160 valence electrons. The molecule has 30 heavy (non-hydrogen) atoms. The number of thioether (sulfide) groups is 1. The van der Waals surface area contributed by atoms with Crippen molar-refractivity contribution in [3.8, 4) is 0 Å². The minimum absolute atomic E-state index is 0.394. The third kappa shape index (κ3) is 4.45. The molecule has 0 radical (unpaired) electrons. The maximum Gasteiger partial charge on any atom is 0.243 e. The second kappa shape index (κ2) is 8.29. The summed E-state index contributed by atoms with van der Waals surface area (Å²) in [7, 11) is 0. The molecule has 0 saturated heterocycles. The molecule has 2 aromatic rings. The van der Waals surface area contributed by atoms with Gasteiger partial charge in [0.25, 0.3) is 0 Å². The van der Waals surface area contributed by atoms with Crippen LogP contribution in [0.2, 0.25) is 0 Å². The van der Waals surface area contributed by atoms with E-state index in [4.69, 9.17) is 0 Å². The molecule has 1 atom stereocenters. The van der Waals surface area contributed by atoms with Crippen molar-refractivity contribution in [2.24, 2.45) is 0 Å². The Hall–Kier alpha value is -2.56. The number of hydrogen-bond acceptors (Lipinski definition) is 5. The average Bonchev–Trinajstić information content (AvgIpc) is 3.65. The molecule has 11 heteroatoms. The van der Waals surface area contributed by atoms with Gasteiger partial charge in [-0.25, -0.2) is 13.2 Å². The topological polar surface area (TPSA) is 88.9 Å². The maximum absolute atomic E-state index is 13.6. The van der Waals surface area contributed by atoms with E-state index in [-0.39, 0.29) is 0 Å². The Morgan fingerprint density at radius 1 is 1.17 bits per heavy atom. The number of nitrogens with one attached hydrogen (secondary N) is 2. The van der Waals surface area contributed by atoms with Crippen LogP contribution in [0, 0.1) is 17.5 Å². The molecular weight excluding hydrogens is 419 g/mol. The van der Waals surface area contributed by atoms with Crippen LogP contribution in [0.25, 0.3) is 0 Å². The van der Waals surface area contributed by atoms with Crippen LogP contribution in [0.3, 0.4) is 0 Å². The third-order valence-corrected chi connectivity index (χ3v) is 5.99. The summed E-state index contributed by atoms with van der Waals surface area (Å²) in [6, 6.07) is 2.01. The normalized spacial score (nSPS) is 16.9. The van der Waals surface area contributed by atoms with Crippen LogP contribution in [-0.4, -0.2) is 38.4 Å². The number of carbonyl (C=O) groups excluding carboxylic acids is 2. The van der Waals surface area contributed by atoms with Gasteiger partial charge in [0.1, 0.15) is 5.82 Å². The quantitative estimate of drug-likeness (QED) is 0.487. The fraction of sp³-hybridized carbons (Fsp3) is 0.474. The third-order valence-electron chi connectivity index (χ3n) is 4.93. The van der Waals surface area contributed by atoms with Crippen LogP contribution in [0.15, 0.2) is 17.3 Å². The predicted octanol–water partition coefficient (Wildman–Crippen LogP) is 3.14. The van der Waals surface area contributed by atoms with Gasteiger partial charge in [0.05, 0.1) is 17.5 Å². The summed E-state index contributed by atoms with van der Waals surface area (Å²) in [5.74, 6) is -4.25. The van der Waals surface area contributed by atoms with Crippen molar-refractivity contribution in [3.63, 3.8) is 0 Å². The Morgan fingerprint density at radius 2 is 1.90 bits per heavy atom. The first-order valence-electron chi connectivity index (χ1n) is 9.67. The molecule has 1 unspecified atom stereocenters. The van der Waals surface area contributed by atoms with Crippen LogP contribution < -0.4 is 10.6 Å². The number of aromatic nitrogens is 3. The van der Waals surface area contributed by atoms with Gasteiger partial charge >= 0.3 is 0 Å². The minimum atomic E-state index is -1.67. The fourth-order valence-electron chi connectivity index (χ4n) is 3.00. The number of anilines is 1. The Balaban J connectivity index is 1.31. The Labute approximate surface area is 174 Å². The first-order chi connectivity index (χ1) is 14.3. The van der Waals surface area contributed by atoms with E-state index >= 15 is 0 Å². The monoisotopic (exact) mass is 439 g/mol. The van der Waals surface area contributed by atoms with Gasteiger partial charge in [-0.15, -0.1) is 10.2 Å². The zero-order valence-corrected chi connectivity index (χ0v) is 16.9. The van der Waals surface area contributed by atoms with Gasteiger partial charge < -0.3 is 15.2 Å². The van der Waals surface area contributed by atoms with Gasteiger partial charge in [-0.3, -0.25) is 9.59 Å². The Kier molecular flexibility index (Phi) is 5.72. The van der Waals surface area contributed by atoms with E-state index in [9.17, 15) is 22.8 Å². The van der Waals surface area contributed by atoms with Crippen molar-refractivity contribution in [1.29, 1.82) is 0 Å². The molecule has 2 aliphatic rings. The van der Waals surface area contributed by atoms with Crippen LogP contribution in [0.5, 0.6) is 0 Å². The number of nitrogens with zero attached hydrogens (tertiary/aromatic N) is 3. The molecule has 2 aliphatic carbocycles. The van der Waals surface area contributed by atoms with Gasteiger partial charge in [0.2, 0.25) is 11.8 Å². The van der Waals surface area contributed by atoms with E-state index in [1.54, 1.807) is 6.92 Å². The summed E-state index contributed by atoms with van der Waals surface area (Å²) in [4.78, 5) is 24.3. The van der Waals surface area contributed by atoms with Crippen molar-refractivity contribution >= 4 is 29.3 Å². The summed E-state index contributed by atoms with van der Waals surface area (Å²) in [6.07, 6.45) is 4.37. The van der Waals surface area contributed by atoms with Gasteiger partial charge in [0, 0.05) is 12.0 Å². The highest BCUT2D eigenvalue weighted by molar-refractivity contribution is 8.00. The van der Waals surface area contributed by atoms with Crippen molar-refractivity contribution in [3.05, 3.63) is 35.4 Å². The minimum Gasteiger partial charge on any atom is -0.346 e. The summed E-state index contributed by atoms with van der Waals surface area (Å²) in [5, 5.41) is 13.3. The molecule has 2 N–H and O–H groups in total. The van der Waals surface area contributed by atoms with Crippen molar-refractivity contribution in [2.45, 2.75) is 55.0 Å². The van der Waals surface area contributed by atoms with E-state index in [1.165, 1.54) is 11.8 Å². The molecule has 1 aromatic carbocycles. The van der Waals surface area contributed by atoms with E-state index in [2.05, 4.69) is 25.4 Å². The van der Waals surface area contributed by atoms with Gasteiger partial charge in [-0.1, -0.05) is 11.8 Å². The lowest BCUT2D eigenvalue weighted by molar-refractivity contribution is -0.123. The lowest BCUT2D eigenvalue weighted by Crippen LogP contribution is -2.37. The molecule has 7 nitrogen and oxygen atoms in total. The Morgan fingerprint density at radius 3 is 2.57 bits per heavy atom. The number of rotatable bonds is 8. The molecular formula is C19H20F3N5O2S. The van der Waals surface area contributed by atoms with Crippen LogP contribution in [0.1, 0.15) is 50.4 Å². The summed E-state index contributed by atoms with van der Waals surface area (Å²) < 4.78 is 41.9. The van der Waals surface area contributed by atoms with Crippen molar-refractivity contribution in [1.82, 2.24) is 20.1 Å². The summed E-state index contributed by atoms with van der Waals surface area (Å²) in [6.45, 7) is 1.25. The second-order valence-corrected chi connectivity index (χ2v) is 8.77. The van der Waals surface area contributed by atoms with Crippen LogP contribution in [-0.2, 0) is 9.59 Å². The highest BCUT2D eigenvalue weighted by Crippen LogP contribution is 2.46. The van der Waals surface area contributed by atoms with Crippen molar-refractivity contribution < 1.29 is 22.8 Å². The zero-order chi connectivity index (χ0) is 21.4. The number of halogens is 3. The lowest BCUT2D eigenvalue weighted by Gasteiger charge is -2.13. The van der Waals surface area contributed by atoms with Gasteiger partial charge in [0.15, 0.2) is 22.6 Å². The van der Waals surface area contributed by atoms with Gasteiger partial charge in [-0.05, 0) is 44.7 Å². The predicted molar refractivity (Wildman–Crippen MR) is 104 cm³/mol. The molecule has 1 aromatic heterocycles. The molecule has 0 spiro atoms. The number of hydrogen-bond donors (Lipinski definition) is 2. The smallest absolute Gasteiger partial charge is 0.243 e. The SMILES string of the molecule is CC(Sc1nnc(C2CC2)n1C1CC1)C(=O)NCC(=O)Nc1ccc(F)c(F)c1F. The molecule has 2 amide bonds. The fourth-order valence-corrected chi connectivity index (χ4v) is 3.95. The molecule has 0 aliphatic heterocycles. The first kappa shape index (κ1) is 20.7. The van der Waals surface area contributed by atoms with Gasteiger partial charge in [-0.2, -0.15) is 0 Å². The zero-order valence-electron chi connectivity index (χ0n) is 16.1. The molecule has 2 saturated carbocycles. The number of amides is 2. The summed E-state index contributed by atoms with van der Waals surface area (Å²) >= 11 is 1.27. The number of benzene rings is 1.